The Hall–Kier alpha value is -2.63. The van der Waals surface area contributed by atoms with E-state index >= 15 is 0 Å². The summed E-state index contributed by atoms with van der Waals surface area (Å²) in [6.07, 6.45) is -0.926. The van der Waals surface area contributed by atoms with Gasteiger partial charge >= 0.3 is 0 Å². The zero-order valence-corrected chi connectivity index (χ0v) is 9.89. The van der Waals surface area contributed by atoms with Crippen LogP contribution >= 0.6 is 0 Å². The summed E-state index contributed by atoms with van der Waals surface area (Å²) in [5.41, 5.74) is -2.58. The highest BCUT2D eigenvalue weighted by Crippen LogP contribution is 2.30. The number of nitrogens with zero attached hydrogens (tertiary/aromatic N) is 3. The molecule has 0 aliphatic rings. The minimum Gasteiger partial charge on any atom is -0.203 e. The maximum atomic E-state index is 13.8. The van der Waals surface area contributed by atoms with Crippen LogP contribution in [0.3, 0.4) is 0 Å². The highest BCUT2D eigenvalue weighted by Gasteiger charge is 2.28. The third kappa shape index (κ3) is 2.52. The zero-order valence-electron chi connectivity index (χ0n) is 9.89. The SMILES string of the molecule is N#CCc1c(F)c(F)c(-c2nc(F)cc(F)n2)c(F)c1F. The van der Waals surface area contributed by atoms with E-state index in [1.165, 1.54) is 6.07 Å². The van der Waals surface area contributed by atoms with Crippen molar-refractivity contribution < 1.29 is 26.3 Å². The van der Waals surface area contributed by atoms with Gasteiger partial charge in [0.25, 0.3) is 0 Å². The molecule has 0 saturated carbocycles. The van der Waals surface area contributed by atoms with Gasteiger partial charge in [-0.2, -0.15) is 24.0 Å². The molecule has 0 spiro atoms. The van der Waals surface area contributed by atoms with Crippen molar-refractivity contribution in [1.82, 2.24) is 9.97 Å². The summed E-state index contributed by atoms with van der Waals surface area (Å²) in [7, 11) is 0. The molecule has 1 heterocycles. The summed E-state index contributed by atoms with van der Waals surface area (Å²) in [6.45, 7) is 0. The second-order valence-electron chi connectivity index (χ2n) is 3.78. The molecule has 0 N–H and O–H groups in total. The molecule has 0 saturated heterocycles. The summed E-state index contributed by atoms with van der Waals surface area (Å²) in [5, 5.41) is 8.36. The molecular weight excluding hydrogens is 300 g/mol. The summed E-state index contributed by atoms with van der Waals surface area (Å²) < 4.78 is 80.5. The predicted molar refractivity (Wildman–Crippen MR) is 56.5 cm³/mol. The first kappa shape index (κ1) is 14.8. The Balaban J connectivity index is 2.79. The standard InChI is InChI=1S/C12H3F6N3/c13-5-3-6(14)21-12(20-5)7-10(17)8(15)4(1-2-19)9(16)11(7)18/h3H,1H2. The molecule has 0 atom stereocenters. The third-order valence-corrected chi connectivity index (χ3v) is 2.50. The van der Waals surface area contributed by atoms with Gasteiger partial charge in [-0.25, -0.2) is 17.6 Å². The van der Waals surface area contributed by atoms with Crippen LogP contribution in [0.4, 0.5) is 26.3 Å². The molecule has 108 valence electrons. The molecule has 2 rings (SSSR count). The van der Waals surface area contributed by atoms with Crippen LogP contribution < -0.4 is 0 Å². The normalized spacial score (nSPS) is 10.5. The number of rotatable bonds is 2. The second kappa shape index (κ2) is 5.40. The fourth-order valence-electron chi connectivity index (χ4n) is 1.61. The van der Waals surface area contributed by atoms with E-state index in [0.29, 0.717) is 0 Å². The zero-order chi connectivity index (χ0) is 15.7. The van der Waals surface area contributed by atoms with E-state index in [0.717, 1.165) is 0 Å². The van der Waals surface area contributed by atoms with Crippen molar-refractivity contribution in [3.63, 3.8) is 0 Å². The summed E-state index contributed by atoms with van der Waals surface area (Å²) in [5.74, 6) is -11.7. The van der Waals surface area contributed by atoms with Crippen LogP contribution in [0.15, 0.2) is 6.07 Å². The van der Waals surface area contributed by atoms with E-state index < -0.39 is 58.5 Å². The van der Waals surface area contributed by atoms with Crippen molar-refractivity contribution >= 4 is 0 Å². The highest BCUT2D eigenvalue weighted by atomic mass is 19.2. The summed E-state index contributed by atoms with van der Waals surface area (Å²) >= 11 is 0. The lowest BCUT2D eigenvalue weighted by Gasteiger charge is -2.09. The van der Waals surface area contributed by atoms with E-state index in [-0.39, 0.29) is 6.07 Å². The van der Waals surface area contributed by atoms with Crippen molar-refractivity contribution in [2.45, 2.75) is 6.42 Å². The number of hydrogen-bond acceptors (Lipinski definition) is 3. The third-order valence-electron chi connectivity index (χ3n) is 2.50. The molecule has 9 heteroatoms. The molecule has 0 amide bonds. The van der Waals surface area contributed by atoms with E-state index in [1.807, 2.05) is 0 Å². The monoisotopic (exact) mass is 303 g/mol. The van der Waals surface area contributed by atoms with Crippen LogP contribution in [0, 0.1) is 46.5 Å². The minimum absolute atomic E-state index is 0.218. The van der Waals surface area contributed by atoms with Crippen LogP contribution in [-0.2, 0) is 6.42 Å². The van der Waals surface area contributed by atoms with Gasteiger partial charge < -0.3 is 0 Å². The Bertz CT molecular complexity index is 719. The van der Waals surface area contributed by atoms with Crippen molar-refractivity contribution in [2.24, 2.45) is 0 Å². The van der Waals surface area contributed by atoms with Gasteiger partial charge in [0.1, 0.15) is 0 Å². The average molecular weight is 303 g/mol. The Kier molecular flexibility index (Phi) is 3.80. The van der Waals surface area contributed by atoms with Crippen LogP contribution in [0.2, 0.25) is 0 Å². The first-order valence-corrected chi connectivity index (χ1v) is 5.29. The Morgan fingerprint density at radius 1 is 0.857 bits per heavy atom. The lowest BCUT2D eigenvalue weighted by molar-refractivity contribution is 0.444. The minimum atomic E-state index is -1.94. The first-order valence-electron chi connectivity index (χ1n) is 5.29. The van der Waals surface area contributed by atoms with E-state index in [2.05, 4.69) is 9.97 Å². The quantitative estimate of drug-likeness (QED) is 0.487. The lowest BCUT2D eigenvalue weighted by atomic mass is 10.1. The molecule has 3 nitrogen and oxygen atoms in total. The Morgan fingerprint density at radius 3 is 1.76 bits per heavy atom. The molecule has 0 fully saturated rings. The number of nitriles is 1. The molecule has 0 aliphatic carbocycles. The van der Waals surface area contributed by atoms with Crippen molar-refractivity contribution in [3.05, 3.63) is 46.8 Å². The van der Waals surface area contributed by atoms with Gasteiger partial charge in [0.05, 0.1) is 18.1 Å². The average Bonchev–Trinajstić information content (AvgIpc) is 2.41. The van der Waals surface area contributed by atoms with Crippen LogP contribution in [-0.4, -0.2) is 9.97 Å². The van der Waals surface area contributed by atoms with E-state index in [1.54, 1.807) is 0 Å². The molecule has 0 aliphatic heterocycles. The Labute approximate surface area is 113 Å². The smallest absolute Gasteiger partial charge is 0.203 e. The van der Waals surface area contributed by atoms with Crippen LogP contribution in [0.1, 0.15) is 5.56 Å². The largest absolute Gasteiger partial charge is 0.219 e. The van der Waals surface area contributed by atoms with Gasteiger partial charge in [-0.1, -0.05) is 0 Å². The van der Waals surface area contributed by atoms with Crippen molar-refractivity contribution in [1.29, 1.82) is 5.26 Å². The fourth-order valence-corrected chi connectivity index (χ4v) is 1.61. The second-order valence-corrected chi connectivity index (χ2v) is 3.78. The summed E-state index contributed by atoms with van der Waals surface area (Å²) in [6, 6.07) is 1.55. The Morgan fingerprint density at radius 2 is 1.33 bits per heavy atom. The van der Waals surface area contributed by atoms with Crippen LogP contribution in [0.25, 0.3) is 11.4 Å². The number of halogens is 6. The van der Waals surface area contributed by atoms with E-state index in [4.69, 9.17) is 5.26 Å². The molecule has 21 heavy (non-hydrogen) atoms. The van der Waals surface area contributed by atoms with Gasteiger partial charge in [-0.05, 0) is 0 Å². The lowest BCUT2D eigenvalue weighted by Crippen LogP contribution is -2.08. The fraction of sp³-hybridized carbons (Fsp3) is 0.0833. The molecule has 2 aromatic rings. The number of aromatic nitrogens is 2. The molecule has 0 bridgehead atoms. The summed E-state index contributed by atoms with van der Waals surface area (Å²) in [4.78, 5) is 5.78. The van der Waals surface area contributed by atoms with Gasteiger partial charge in [0.2, 0.25) is 11.9 Å². The van der Waals surface area contributed by atoms with Gasteiger partial charge in [0, 0.05) is 11.6 Å². The molecule has 1 aromatic heterocycles. The number of benzene rings is 1. The topological polar surface area (TPSA) is 49.6 Å². The highest BCUT2D eigenvalue weighted by molar-refractivity contribution is 5.58. The van der Waals surface area contributed by atoms with Gasteiger partial charge in [0.15, 0.2) is 29.1 Å². The maximum Gasteiger partial charge on any atom is 0.219 e. The molecular formula is C12H3F6N3. The van der Waals surface area contributed by atoms with Gasteiger partial charge in [-0.3, -0.25) is 0 Å². The molecule has 1 aromatic carbocycles. The van der Waals surface area contributed by atoms with Crippen molar-refractivity contribution in [3.8, 4) is 17.5 Å². The van der Waals surface area contributed by atoms with Gasteiger partial charge in [-0.15, -0.1) is 0 Å². The maximum absolute atomic E-state index is 13.8. The first-order chi connectivity index (χ1) is 9.86. The molecule has 0 unspecified atom stereocenters. The predicted octanol–water partition coefficient (Wildman–Crippen LogP) is 3.04. The number of hydrogen-bond donors (Lipinski definition) is 0. The molecule has 0 radical (unpaired) electrons. The van der Waals surface area contributed by atoms with E-state index in [9.17, 15) is 26.3 Å². The van der Waals surface area contributed by atoms with Crippen molar-refractivity contribution in [2.75, 3.05) is 0 Å². The van der Waals surface area contributed by atoms with Crippen LogP contribution in [0.5, 0.6) is 0 Å².